The normalized spacial score (nSPS) is 18.0. The number of rotatable bonds is 8. The Hall–Kier alpha value is -3.33. The number of amides is 1. The summed E-state index contributed by atoms with van der Waals surface area (Å²) in [6, 6.07) is 19.5. The van der Waals surface area contributed by atoms with E-state index in [1.807, 2.05) is 12.1 Å². The Morgan fingerprint density at radius 1 is 0.947 bits per heavy atom. The fourth-order valence-electron chi connectivity index (χ4n) is 4.88. The van der Waals surface area contributed by atoms with E-state index in [4.69, 9.17) is 0 Å². The van der Waals surface area contributed by atoms with Gasteiger partial charge in [0, 0.05) is 36.3 Å². The van der Waals surface area contributed by atoms with Gasteiger partial charge in [0.1, 0.15) is 0 Å². The van der Waals surface area contributed by atoms with E-state index < -0.39 is 21.6 Å². The van der Waals surface area contributed by atoms with Crippen LogP contribution in [0.15, 0.2) is 77.7 Å². The van der Waals surface area contributed by atoms with E-state index in [0.29, 0.717) is 12.1 Å². The van der Waals surface area contributed by atoms with E-state index in [0.717, 1.165) is 41.8 Å². The van der Waals surface area contributed by atoms with Crippen LogP contribution in [0.25, 0.3) is 0 Å². The van der Waals surface area contributed by atoms with Crippen molar-refractivity contribution in [2.75, 3.05) is 17.2 Å². The van der Waals surface area contributed by atoms with Crippen molar-refractivity contribution >= 4 is 21.4 Å². The molecular weight excluding hydrogens is 513 g/mol. The molecule has 0 aliphatic carbocycles. The Kier molecular flexibility index (Phi) is 8.16. The molecule has 0 spiro atoms. The highest BCUT2D eigenvalue weighted by Gasteiger charge is 2.34. The Morgan fingerprint density at radius 3 is 2.13 bits per heavy atom. The minimum Gasteiger partial charge on any atom is -0.368 e. The summed E-state index contributed by atoms with van der Waals surface area (Å²) in [7, 11) is -3.27. The molecule has 38 heavy (non-hydrogen) atoms. The number of carbonyl (C=O) groups excluding carboxylic acids is 1. The van der Waals surface area contributed by atoms with Gasteiger partial charge in [-0.2, -0.15) is 13.2 Å². The topological polar surface area (TPSA) is 66.5 Å². The lowest BCUT2D eigenvalue weighted by molar-refractivity contribution is -0.137. The predicted molar refractivity (Wildman–Crippen MR) is 142 cm³/mol. The second-order valence-electron chi connectivity index (χ2n) is 9.54. The van der Waals surface area contributed by atoms with Crippen molar-refractivity contribution in [3.8, 4) is 0 Å². The average molecular weight is 545 g/mol. The molecule has 3 aromatic rings. The maximum Gasteiger partial charge on any atom is 0.416 e. The van der Waals surface area contributed by atoms with Gasteiger partial charge in [0.05, 0.1) is 16.2 Å². The maximum atomic E-state index is 12.9. The molecule has 5 nitrogen and oxygen atoms in total. The van der Waals surface area contributed by atoms with Crippen molar-refractivity contribution in [1.82, 2.24) is 5.32 Å². The quantitative estimate of drug-likeness (QED) is 0.367. The number of sulfone groups is 1. The van der Waals surface area contributed by atoms with E-state index in [-0.39, 0.29) is 35.1 Å². The van der Waals surface area contributed by atoms with Crippen LogP contribution in [0.5, 0.6) is 0 Å². The van der Waals surface area contributed by atoms with Crippen molar-refractivity contribution in [2.45, 2.75) is 56.3 Å². The van der Waals surface area contributed by atoms with Crippen LogP contribution < -0.4 is 10.2 Å². The Bertz CT molecular complexity index is 1350. The van der Waals surface area contributed by atoms with Gasteiger partial charge >= 0.3 is 6.18 Å². The first-order valence-electron chi connectivity index (χ1n) is 12.7. The number of nitrogens with zero attached hydrogens (tertiary/aromatic N) is 1. The number of nitrogens with one attached hydrogen (secondary N) is 1. The highest BCUT2D eigenvalue weighted by Crippen LogP contribution is 2.38. The second kappa shape index (κ2) is 11.2. The summed E-state index contributed by atoms with van der Waals surface area (Å²) in [6.07, 6.45) is -2.59. The van der Waals surface area contributed by atoms with Crippen LogP contribution in [-0.4, -0.2) is 32.7 Å². The van der Waals surface area contributed by atoms with Crippen molar-refractivity contribution in [3.63, 3.8) is 0 Å². The zero-order valence-electron chi connectivity index (χ0n) is 21.3. The summed E-state index contributed by atoms with van der Waals surface area (Å²) >= 11 is 0. The van der Waals surface area contributed by atoms with E-state index in [2.05, 4.69) is 17.1 Å². The molecule has 1 N–H and O–H groups in total. The minimum absolute atomic E-state index is 0.0330. The van der Waals surface area contributed by atoms with Crippen LogP contribution in [-0.2, 0) is 22.6 Å². The van der Waals surface area contributed by atoms with Crippen LogP contribution in [0.4, 0.5) is 18.9 Å². The smallest absolute Gasteiger partial charge is 0.368 e. The molecule has 1 heterocycles. The number of halogens is 3. The first-order chi connectivity index (χ1) is 18.0. The molecule has 9 heteroatoms. The first-order valence-corrected chi connectivity index (χ1v) is 14.3. The molecular formula is C29H31F3N2O3S. The standard InChI is InChI=1S/C29H31F3N2O3S/c1-3-25-17-23(21-7-11-24(12-8-21)29(30,31)32)19-34(25)26-13-9-22(10-14-26)28(35)33-18-20-5-15-27(16-6-20)38(36,37)4-2/h5-16,23,25H,3-4,17-19H2,1-2H3,(H,33,35)/t23?,25-/m0/s1. The molecule has 4 rings (SSSR count). The summed E-state index contributed by atoms with van der Waals surface area (Å²) in [5.74, 6) is -0.0765. The summed E-state index contributed by atoms with van der Waals surface area (Å²) in [6.45, 7) is 4.66. The molecule has 2 atom stereocenters. The number of anilines is 1. The van der Waals surface area contributed by atoms with E-state index >= 15 is 0 Å². The zero-order chi connectivity index (χ0) is 27.5. The van der Waals surface area contributed by atoms with Crippen molar-refractivity contribution in [3.05, 3.63) is 95.1 Å². The van der Waals surface area contributed by atoms with Crippen LogP contribution in [0.1, 0.15) is 59.7 Å². The summed E-state index contributed by atoms with van der Waals surface area (Å²) in [5, 5.41) is 2.86. The lowest BCUT2D eigenvalue weighted by Gasteiger charge is -2.26. The molecule has 0 saturated carbocycles. The van der Waals surface area contributed by atoms with E-state index in [1.54, 1.807) is 55.5 Å². The Labute approximate surface area is 221 Å². The van der Waals surface area contributed by atoms with Crippen LogP contribution in [0.3, 0.4) is 0 Å². The van der Waals surface area contributed by atoms with Gasteiger partial charge in [-0.25, -0.2) is 8.42 Å². The van der Waals surface area contributed by atoms with E-state index in [1.165, 1.54) is 0 Å². The highest BCUT2D eigenvalue weighted by atomic mass is 32.2. The lowest BCUT2D eigenvalue weighted by atomic mass is 9.95. The fraction of sp³-hybridized carbons (Fsp3) is 0.345. The third-order valence-electron chi connectivity index (χ3n) is 7.17. The molecule has 1 amide bonds. The van der Waals surface area contributed by atoms with Crippen LogP contribution in [0.2, 0.25) is 0 Å². The monoisotopic (exact) mass is 544 g/mol. The van der Waals surface area contributed by atoms with Crippen molar-refractivity contribution < 1.29 is 26.4 Å². The molecule has 1 fully saturated rings. The van der Waals surface area contributed by atoms with Crippen LogP contribution in [0, 0.1) is 0 Å². The zero-order valence-corrected chi connectivity index (χ0v) is 22.1. The van der Waals surface area contributed by atoms with Gasteiger partial charge < -0.3 is 10.2 Å². The highest BCUT2D eigenvalue weighted by molar-refractivity contribution is 7.91. The van der Waals surface area contributed by atoms with Gasteiger partial charge in [0.25, 0.3) is 5.91 Å². The third-order valence-corrected chi connectivity index (χ3v) is 8.92. The summed E-state index contributed by atoms with van der Waals surface area (Å²) in [5.41, 5.74) is 2.52. The number of carbonyl (C=O) groups is 1. The van der Waals surface area contributed by atoms with Crippen LogP contribution >= 0.6 is 0 Å². The summed E-state index contributed by atoms with van der Waals surface area (Å²) in [4.78, 5) is 15.2. The maximum absolute atomic E-state index is 12.9. The first kappa shape index (κ1) is 27.7. The number of alkyl halides is 3. The second-order valence-corrected chi connectivity index (χ2v) is 11.8. The molecule has 1 saturated heterocycles. The Morgan fingerprint density at radius 2 is 1.58 bits per heavy atom. The molecule has 202 valence electrons. The molecule has 1 aliphatic rings. The molecule has 0 radical (unpaired) electrons. The molecule has 1 unspecified atom stereocenters. The molecule has 0 aromatic heterocycles. The van der Waals surface area contributed by atoms with Gasteiger partial charge in [-0.3, -0.25) is 4.79 Å². The largest absolute Gasteiger partial charge is 0.416 e. The summed E-state index contributed by atoms with van der Waals surface area (Å²) < 4.78 is 62.7. The van der Waals surface area contributed by atoms with Crippen molar-refractivity contribution in [1.29, 1.82) is 0 Å². The SMILES string of the molecule is CC[C@H]1CC(c2ccc(C(F)(F)F)cc2)CN1c1ccc(C(=O)NCc2ccc(S(=O)(=O)CC)cc2)cc1. The molecule has 0 bridgehead atoms. The van der Waals surface area contributed by atoms with Gasteiger partial charge in [-0.15, -0.1) is 0 Å². The predicted octanol–water partition coefficient (Wildman–Crippen LogP) is 6.20. The number of hydrogen-bond donors (Lipinski definition) is 1. The van der Waals surface area contributed by atoms with Gasteiger partial charge in [0.2, 0.25) is 0 Å². The number of benzene rings is 3. The van der Waals surface area contributed by atoms with Gasteiger partial charge in [-0.05, 0) is 72.5 Å². The number of hydrogen-bond acceptors (Lipinski definition) is 4. The van der Waals surface area contributed by atoms with Crippen molar-refractivity contribution in [2.24, 2.45) is 0 Å². The van der Waals surface area contributed by atoms with Gasteiger partial charge in [-0.1, -0.05) is 38.1 Å². The fourth-order valence-corrected chi connectivity index (χ4v) is 5.76. The Balaban J connectivity index is 1.38. The minimum atomic E-state index is -4.34. The lowest BCUT2D eigenvalue weighted by Crippen LogP contribution is -2.28. The molecule has 3 aromatic carbocycles. The third kappa shape index (κ3) is 6.20. The van der Waals surface area contributed by atoms with Gasteiger partial charge in [0.15, 0.2) is 9.84 Å². The average Bonchev–Trinajstić information content (AvgIpc) is 3.36. The molecule has 1 aliphatic heterocycles. The van der Waals surface area contributed by atoms with E-state index in [9.17, 15) is 26.4 Å².